The van der Waals surface area contributed by atoms with E-state index in [0.29, 0.717) is 17.9 Å². The van der Waals surface area contributed by atoms with Crippen molar-refractivity contribution in [2.75, 3.05) is 18.6 Å². The molecule has 0 saturated heterocycles. The molecule has 1 saturated carbocycles. The first-order chi connectivity index (χ1) is 8.65. The molecule has 0 radical (unpaired) electrons. The normalized spacial score (nSPS) is 14.4. The third-order valence-electron chi connectivity index (χ3n) is 2.94. The Morgan fingerprint density at radius 2 is 2.33 bits per heavy atom. The molecule has 98 valence electrons. The molecular weight excluding hydrogens is 232 g/mol. The van der Waals surface area contributed by atoms with Crippen molar-refractivity contribution in [1.82, 2.24) is 9.88 Å². The molecule has 1 aromatic heterocycles. The largest absolute Gasteiger partial charge is 0.395 e. The van der Waals surface area contributed by atoms with Crippen molar-refractivity contribution >= 4 is 11.7 Å². The predicted molar refractivity (Wildman–Crippen MR) is 67.9 cm³/mol. The highest BCUT2D eigenvalue weighted by molar-refractivity contribution is 5.95. The van der Waals surface area contributed by atoms with Gasteiger partial charge >= 0.3 is 0 Å². The maximum atomic E-state index is 12.4. The van der Waals surface area contributed by atoms with E-state index in [9.17, 15) is 4.79 Å². The molecule has 1 aliphatic rings. The predicted octanol–water partition coefficient (Wildman–Crippen LogP) is 0.273. The second-order valence-corrected chi connectivity index (χ2v) is 4.48. The van der Waals surface area contributed by atoms with Crippen molar-refractivity contribution in [2.45, 2.75) is 25.8 Å². The molecule has 0 unspecified atom stereocenters. The minimum Gasteiger partial charge on any atom is -0.395 e. The Bertz CT molecular complexity index is 446. The van der Waals surface area contributed by atoms with E-state index >= 15 is 0 Å². The molecule has 1 aromatic rings. The molecule has 18 heavy (non-hydrogen) atoms. The number of hydrazine groups is 1. The van der Waals surface area contributed by atoms with E-state index in [1.807, 2.05) is 6.92 Å². The van der Waals surface area contributed by atoms with Gasteiger partial charge in [0.15, 0.2) is 0 Å². The van der Waals surface area contributed by atoms with Crippen LogP contribution in [0.15, 0.2) is 12.1 Å². The summed E-state index contributed by atoms with van der Waals surface area (Å²) in [6.07, 6.45) is 2.02. The van der Waals surface area contributed by atoms with Crippen LogP contribution in [0.1, 0.15) is 28.9 Å². The molecule has 1 aliphatic carbocycles. The van der Waals surface area contributed by atoms with E-state index in [0.717, 1.165) is 18.5 Å². The van der Waals surface area contributed by atoms with E-state index in [1.165, 1.54) is 0 Å². The van der Waals surface area contributed by atoms with E-state index in [-0.39, 0.29) is 18.6 Å². The zero-order chi connectivity index (χ0) is 13.1. The van der Waals surface area contributed by atoms with Crippen LogP contribution in [0.5, 0.6) is 0 Å². The molecule has 1 heterocycles. The van der Waals surface area contributed by atoms with Gasteiger partial charge in [0.1, 0.15) is 5.82 Å². The summed E-state index contributed by atoms with van der Waals surface area (Å²) in [6, 6.07) is 3.63. The topological polar surface area (TPSA) is 91.5 Å². The van der Waals surface area contributed by atoms with Gasteiger partial charge in [0.05, 0.1) is 6.61 Å². The van der Waals surface area contributed by atoms with Crippen molar-refractivity contribution in [3.63, 3.8) is 0 Å². The van der Waals surface area contributed by atoms with Crippen molar-refractivity contribution in [3.8, 4) is 0 Å². The lowest BCUT2D eigenvalue weighted by Crippen LogP contribution is -2.35. The van der Waals surface area contributed by atoms with Crippen LogP contribution < -0.4 is 11.3 Å². The van der Waals surface area contributed by atoms with Gasteiger partial charge in [0, 0.05) is 23.8 Å². The number of nitrogen functional groups attached to an aromatic ring is 1. The molecule has 1 amide bonds. The number of aromatic nitrogens is 1. The number of hydrogen-bond acceptors (Lipinski definition) is 5. The standard InChI is InChI=1S/C12H18N4O2/c1-8-6-9(7-11(14-8)15-13)12(18)16(4-5-17)10-2-3-10/h6-7,10,17H,2-5,13H2,1H3,(H,14,15). The summed E-state index contributed by atoms with van der Waals surface area (Å²) in [6.45, 7) is 2.16. The minimum atomic E-state index is -0.0754. The lowest BCUT2D eigenvalue weighted by molar-refractivity contribution is 0.0707. The van der Waals surface area contributed by atoms with Crippen LogP contribution in [0.4, 0.5) is 5.82 Å². The summed E-state index contributed by atoms with van der Waals surface area (Å²) in [4.78, 5) is 18.2. The SMILES string of the molecule is Cc1cc(C(=O)N(CCO)C2CC2)cc(NN)n1. The number of hydrogen-bond donors (Lipinski definition) is 3. The number of anilines is 1. The third kappa shape index (κ3) is 2.77. The van der Waals surface area contributed by atoms with Gasteiger partial charge in [-0.25, -0.2) is 10.8 Å². The van der Waals surface area contributed by atoms with Crippen molar-refractivity contribution in [3.05, 3.63) is 23.4 Å². The molecule has 0 spiro atoms. The Hall–Kier alpha value is -1.66. The maximum absolute atomic E-state index is 12.4. The van der Waals surface area contributed by atoms with Gasteiger partial charge in [-0.1, -0.05) is 0 Å². The number of aliphatic hydroxyl groups is 1. The molecule has 0 aliphatic heterocycles. The fourth-order valence-corrected chi connectivity index (χ4v) is 1.98. The molecule has 4 N–H and O–H groups in total. The number of aliphatic hydroxyl groups excluding tert-OH is 1. The van der Waals surface area contributed by atoms with Crippen LogP contribution in [0.2, 0.25) is 0 Å². The second-order valence-electron chi connectivity index (χ2n) is 4.48. The van der Waals surface area contributed by atoms with Gasteiger partial charge in [-0.3, -0.25) is 4.79 Å². The fourth-order valence-electron chi connectivity index (χ4n) is 1.98. The first-order valence-electron chi connectivity index (χ1n) is 6.03. The number of pyridine rings is 1. The molecule has 0 bridgehead atoms. The minimum absolute atomic E-state index is 0.0195. The van der Waals surface area contributed by atoms with Crippen molar-refractivity contribution < 1.29 is 9.90 Å². The zero-order valence-electron chi connectivity index (χ0n) is 10.4. The quantitative estimate of drug-likeness (QED) is 0.515. The summed E-state index contributed by atoms with van der Waals surface area (Å²) >= 11 is 0. The van der Waals surface area contributed by atoms with Gasteiger partial charge in [-0.2, -0.15) is 0 Å². The molecule has 2 rings (SSSR count). The summed E-state index contributed by atoms with van der Waals surface area (Å²) in [7, 11) is 0. The monoisotopic (exact) mass is 250 g/mol. The van der Waals surface area contributed by atoms with E-state index < -0.39 is 0 Å². The second kappa shape index (κ2) is 5.32. The molecular formula is C12H18N4O2. The Morgan fingerprint density at radius 3 is 2.89 bits per heavy atom. The fraction of sp³-hybridized carbons (Fsp3) is 0.500. The van der Waals surface area contributed by atoms with Crippen LogP contribution in [-0.2, 0) is 0 Å². The van der Waals surface area contributed by atoms with E-state index in [1.54, 1.807) is 17.0 Å². The first-order valence-corrected chi connectivity index (χ1v) is 6.03. The van der Waals surface area contributed by atoms with Crippen LogP contribution in [0.25, 0.3) is 0 Å². The average molecular weight is 250 g/mol. The molecule has 6 heteroatoms. The highest BCUT2D eigenvalue weighted by atomic mass is 16.3. The van der Waals surface area contributed by atoms with Gasteiger partial charge in [-0.15, -0.1) is 0 Å². The number of carbonyl (C=O) groups is 1. The first kappa shape index (κ1) is 12.8. The van der Waals surface area contributed by atoms with Gasteiger partial charge in [0.2, 0.25) is 0 Å². The summed E-state index contributed by atoms with van der Waals surface area (Å²) in [5.74, 6) is 5.71. The van der Waals surface area contributed by atoms with Gasteiger partial charge in [-0.05, 0) is 31.9 Å². The molecule has 0 aromatic carbocycles. The number of nitrogens with two attached hydrogens (primary N) is 1. The van der Waals surface area contributed by atoms with E-state index in [2.05, 4.69) is 10.4 Å². The highest BCUT2D eigenvalue weighted by Gasteiger charge is 2.32. The lowest BCUT2D eigenvalue weighted by atomic mass is 10.2. The maximum Gasteiger partial charge on any atom is 0.254 e. The third-order valence-corrected chi connectivity index (χ3v) is 2.94. The number of nitrogens with zero attached hydrogens (tertiary/aromatic N) is 2. The highest BCUT2D eigenvalue weighted by Crippen LogP contribution is 2.28. The van der Waals surface area contributed by atoms with Crippen molar-refractivity contribution in [2.24, 2.45) is 5.84 Å². The Balaban J connectivity index is 2.23. The zero-order valence-corrected chi connectivity index (χ0v) is 10.4. The summed E-state index contributed by atoms with van der Waals surface area (Å²) in [5.41, 5.74) is 3.73. The summed E-state index contributed by atoms with van der Waals surface area (Å²) in [5, 5.41) is 9.03. The molecule has 0 atom stereocenters. The Kier molecular flexibility index (Phi) is 3.78. The van der Waals surface area contributed by atoms with Gasteiger partial charge in [0.25, 0.3) is 5.91 Å². The molecule has 6 nitrogen and oxygen atoms in total. The van der Waals surface area contributed by atoms with Crippen LogP contribution in [0, 0.1) is 6.92 Å². The van der Waals surface area contributed by atoms with Crippen LogP contribution in [0.3, 0.4) is 0 Å². The number of carbonyl (C=O) groups excluding carboxylic acids is 1. The molecule has 1 fully saturated rings. The van der Waals surface area contributed by atoms with Crippen LogP contribution >= 0.6 is 0 Å². The Labute approximate surface area is 106 Å². The van der Waals surface area contributed by atoms with Crippen LogP contribution in [-0.4, -0.2) is 40.1 Å². The summed E-state index contributed by atoms with van der Waals surface area (Å²) < 4.78 is 0. The van der Waals surface area contributed by atoms with Crippen molar-refractivity contribution in [1.29, 1.82) is 0 Å². The Morgan fingerprint density at radius 1 is 1.61 bits per heavy atom. The van der Waals surface area contributed by atoms with E-state index in [4.69, 9.17) is 10.9 Å². The van der Waals surface area contributed by atoms with Gasteiger partial charge < -0.3 is 15.4 Å². The average Bonchev–Trinajstić information content (AvgIpc) is 3.18. The number of nitrogens with one attached hydrogen (secondary N) is 1. The number of amides is 1. The lowest BCUT2D eigenvalue weighted by Gasteiger charge is -2.21. The smallest absolute Gasteiger partial charge is 0.254 e. The number of rotatable bonds is 5. The number of aryl methyl sites for hydroxylation is 1.